The molecule has 2 heteroatoms. The fourth-order valence-corrected chi connectivity index (χ4v) is 3.08. The van der Waals surface area contributed by atoms with Crippen LogP contribution >= 0.6 is 0 Å². The molecule has 2 aliphatic rings. The summed E-state index contributed by atoms with van der Waals surface area (Å²) in [5.74, 6) is 0.679. The Hall–Kier alpha value is -0.860. The van der Waals surface area contributed by atoms with E-state index in [-0.39, 0.29) is 0 Å². The van der Waals surface area contributed by atoms with E-state index in [1.54, 1.807) is 0 Å². The Bertz CT molecular complexity index is 307. The van der Waals surface area contributed by atoms with Gasteiger partial charge in [-0.15, -0.1) is 0 Å². The van der Waals surface area contributed by atoms with Crippen LogP contribution in [0.3, 0.4) is 0 Å². The van der Waals surface area contributed by atoms with Crippen molar-refractivity contribution in [3.63, 3.8) is 0 Å². The normalized spacial score (nSPS) is 30.4. The topological polar surface area (TPSA) is 12.5 Å². The molecule has 100 valence electrons. The van der Waals surface area contributed by atoms with Crippen LogP contribution in [-0.2, 0) is 4.74 Å². The summed E-state index contributed by atoms with van der Waals surface area (Å²) in [5.41, 5.74) is 1.27. The van der Waals surface area contributed by atoms with E-state index in [9.17, 15) is 0 Å². The summed E-state index contributed by atoms with van der Waals surface area (Å²) in [7, 11) is 0. The van der Waals surface area contributed by atoms with Gasteiger partial charge in [-0.2, -0.15) is 0 Å². The van der Waals surface area contributed by atoms with Gasteiger partial charge in [0.25, 0.3) is 0 Å². The molecule has 0 N–H and O–H groups in total. The van der Waals surface area contributed by atoms with Crippen molar-refractivity contribution in [2.75, 3.05) is 26.3 Å². The highest BCUT2D eigenvalue weighted by molar-refractivity contribution is 5.21. The van der Waals surface area contributed by atoms with Crippen molar-refractivity contribution in [1.82, 2.24) is 4.90 Å². The lowest BCUT2D eigenvalue weighted by Crippen LogP contribution is -2.45. The number of hydrogen-bond donors (Lipinski definition) is 0. The summed E-state index contributed by atoms with van der Waals surface area (Å²) in [6.07, 6.45) is 11.1. The highest BCUT2D eigenvalue weighted by atomic mass is 16.5. The summed E-state index contributed by atoms with van der Waals surface area (Å²) in [6.45, 7) is 11.9. The van der Waals surface area contributed by atoms with Crippen molar-refractivity contribution in [1.29, 1.82) is 0 Å². The van der Waals surface area contributed by atoms with Crippen molar-refractivity contribution in [3.05, 3.63) is 37.0 Å². The second-order valence-electron chi connectivity index (χ2n) is 5.32. The fourth-order valence-electron chi connectivity index (χ4n) is 3.08. The van der Waals surface area contributed by atoms with E-state index in [2.05, 4.69) is 24.1 Å². The molecular formula is C16H25NO. The minimum atomic E-state index is 0.679. The molecule has 0 amide bonds. The van der Waals surface area contributed by atoms with Crippen molar-refractivity contribution >= 4 is 0 Å². The summed E-state index contributed by atoms with van der Waals surface area (Å²) in [4.78, 5) is 2.61. The van der Waals surface area contributed by atoms with Crippen molar-refractivity contribution in [2.24, 2.45) is 5.92 Å². The molecule has 1 saturated heterocycles. The zero-order chi connectivity index (χ0) is 12.8. The second kappa shape index (κ2) is 6.91. The average molecular weight is 247 g/mol. The number of hydrogen-bond acceptors (Lipinski definition) is 2. The molecule has 0 aromatic heterocycles. The van der Waals surface area contributed by atoms with Crippen LogP contribution in [0.1, 0.15) is 25.7 Å². The lowest BCUT2D eigenvalue weighted by Gasteiger charge is -2.39. The van der Waals surface area contributed by atoms with E-state index >= 15 is 0 Å². The van der Waals surface area contributed by atoms with Gasteiger partial charge >= 0.3 is 0 Å². The van der Waals surface area contributed by atoms with Gasteiger partial charge in [-0.3, -0.25) is 4.90 Å². The second-order valence-corrected chi connectivity index (χ2v) is 5.32. The van der Waals surface area contributed by atoms with Gasteiger partial charge in [0.05, 0.1) is 13.2 Å². The van der Waals surface area contributed by atoms with Gasteiger partial charge in [0, 0.05) is 19.1 Å². The van der Waals surface area contributed by atoms with Gasteiger partial charge in [0.1, 0.15) is 0 Å². The largest absolute Gasteiger partial charge is 0.379 e. The zero-order valence-corrected chi connectivity index (χ0v) is 11.3. The summed E-state index contributed by atoms with van der Waals surface area (Å²) in [5, 5.41) is 0. The van der Waals surface area contributed by atoms with Crippen molar-refractivity contribution in [2.45, 2.75) is 31.7 Å². The summed E-state index contributed by atoms with van der Waals surface area (Å²) >= 11 is 0. The first-order chi connectivity index (χ1) is 8.81. The monoisotopic (exact) mass is 247 g/mol. The lowest BCUT2D eigenvalue weighted by molar-refractivity contribution is 0.00623. The average Bonchev–Trinajstić information content (AvgIpc) is 2.46. The van der Waals surface area contributed by atoms with E-state index in [1.807, 2.05) is 12.2 Å². The fraction of sp³-hybridized carbons (Fsp3) is 0.625. The van der Waals surface area contributed by atoms with Crippen LogP contribution in [0.25, 0.3) is 0 Å². The molecule has 0 aromatic carbocycles. The molecule has 1 heterocycles. The molecule has 2 nitrogen and oxygen atoms in total. The smallest absolute Gasteiger partial charge is 0.0594 e. The summed E-state index contributed by atoms with van der Waals surface area (Å²) < 4.78 is 5.42. The number of rotatable bonds is 4. The van der Waals surface area contributed by atoms with Gasteiger partial charge in [-0.25, -0.2) is 0 Å². The third-order valence-electron chi connectivity index (χ3n) is 4.23. The van der Waals surface area contributed by atoms with Crippen molar-refractivity contribution in [3.8, 4) is 0 Å². The van der Waals surface area contributed by atoms with Gasteiger partial charge in [0.15, 0.2) is 0 Å². The minimum Gasteiger partial charge on any atom is -0.379 e. The standard InChI is InChI=1S/C16H25NO/c1-3-4-5-14(2)15-6-8-16(9-7-15)17-10-12-18-13-11-17/h3-5,15-16H,1-2,6-13H2/b5-4-. The molecule has 0 aromatic rings. The van der Waals surface area contributed by atoms with E-state index in [0.717, 1.165) is 32.3 Å². The van der Waals surface area contributed by atoms with Gasteiger partial charge in [-0.05, 0) is 31.6 Å². The maximum Gasteiger partial charge on any atom is 0.0594 e. The SMILES string of the molecule is C=C/C=C\C(=C)C1CCC(N2CCOCC2)CC1. The van der Waals surface area contributed by atoms with E-state index in [1.165, 1.54) is 31.3 Å². The highest BCUT2D eigenvalue weighted by Crippen LogP contribution is 2.32. The maximum atomic E-state index is 5.42. The maximum absolute atomic E-state index is 5.42. The van der Waals surface area contributed by atoms with E-state index in [0.29, 0.717) is 5.92 Å². The molecule has 0 unspecified atom stereocenters. The number of morpholine rings is 1. The van der Waals surface area contributed by atoms with Crippen LogP contribution in [0.5, 0.6) is 0 Å². The zero-order valence-electron chi connectivity index (χ0n) is 11.3. The molecule has 0 atom stereocenters. The third-order valence-corrected chi connectivity index (χ3v) is 4.23. The number of ether oxygens (including phenoxy) is 1. The van der Waals surface area contributed by atoms with Crippen LogP contribution in [-0.4, -0.2) is 37.2 Å². The van der Waals surface area contributed by atoms with Gasteiger partial charge in [0.2, 0.25) is 0 Å². The summed E-state index contributed by atoms with van der Waals surface area (Å²) in [6, 6.07) is 0.779. The molecule has 1 saturated carbocycles. The molecule has 0 radical (unpaired) electrons. The predicted molar refractivity (Wildman–Crippen MR) is 76.6 cm³/mol. The Balaban J connectivity index is 1.78. The molecular weight excluding hydrogens is 222 g/mol. The molecule has 0 spiro atoms. The minimum absolute atomic E-state index is 0.679. The van der Waals surface area contributed by atoms with Gasteiger partial charge < -0.3 is 4.74 Å². The lowest BCUT2D eigenvalue weighted by atomic mass is 9.81. The Morgan fingerprint density at radius 3 is 2.39 bits per heavy atom. The first-order valence-electron chi connectivity index (χ1n) is 7.11. The van der Waals surface area contributed by atoms with Crippen LogP contribution < -0.4 is 0 Å². The van der Waals surface area contributed by atoms with Gasteiger partial charge in [-0.1, -0.05) is 37.0 Å². The molecule has 18 heavy (non-hydrogen) atoms. The van der Waals surface area contributed by atoms with Crippen LogP contribution in [0.4, 0.5) is 0 Å². The quantitative estimate of drug-likeness (QED) is 0.707. The third kappa shape index (κ3) is 3.56. The molecule has 1 aliphatic heterocycles. The van der Waals surface area contributed by atoms with E-state index < -0.39 is 0 Å². The Kier molecular flexibility index (Phi) is 5.21. The van der Waals surface area contributed by atoms with Crippen LogP contribution in [0.15, 0.2) is 37.0 Å². The number of allylic oxidation sites excluding steroid dienone is 4. The Morgan fingerprint density at radius 1 is 1.11 bits per heavy atom. The van der Waals surface area contributed by atoms with E-state index in [4.69, 9.17) is 4.74 Å². The first kappa shape index (κ1) is 13.6. The number of nitrogens with zero attached hydrogens (tertiary/aromatic N) is 1. The molecule has 2 fully saturated rings. The van der Waals surface area contributed by atoms with Crippen LogP contribution in [0.2, 0.25) is 0 Å². The predicted octanol–water partition coefficient (Wildman–Crippen LogP) is 3.18. The Labute approximate surface area is 111 Å². The van der Waals surface area contributed by atoms with Crippen LogP contribution in [0, 0.1) is 5.92 Å². The Morgan fingerprint density at radius 2 is 1.78 bits per heavy atom. The van der Waals surface area contributed by atoms with Crippen molar-refractivity contribution < 1.29 is 4.74 Å². The first-order valence-corrected chi connectivity index (χ1v) is 7.11. The molecule has 0 bridgehead atoms. The molecule has 2 rings (SSSR count). The molecule has 1 aliphatic carbocycles. The highest BCUT2D eigenvalue weighted by Gasteiger charge is 2.27.